The van der Waals surface area contributed by atoms with Crippen molar-refractivity contribution in [2.45, 2.75) is 45.8 Å². The fourth-order valence-corrected chi connectivity index (χ4v) is 4.24. The molecule has 2 heterocycles. The summed E-state index contributed by atoms with van der Waals surface area (Å²) >= 11 is 5.70. The van der Waals surface area contributed by atoms with E-state index in [0.717, 1.165) is 66.6 Å². The van der Waals surface area contributed by atoms with E-state index in [9.17, 15) is 4.79 Å². The fraction of sp³-hybridized carbons (Fsp3) is 0.565. The SMILES string of the molecule is Cc1cc(C)c2cc(CN(CC3CCCO3)C(=S)NCCCN(C)C)c(=O)[nH]c2c1. The number of aryl methyl sites for hydroxylation is 2. The van der Waals surface area contributed by atoms with Crippen molar-refractivity contribution in [3.63, 3.8) is 0 Å². The number of aromatic nitrogens is 1. The molecule has 0 radical (unpaired) electrons. The monoisotopic (exact) mass is 430 g/mol. The molecule has 30 heavy (non-hydrogen) atoms. The van der Waals surface area contributed by atoms with Crippen LogP contribution in [0.5, 0.6) is 0 Å². The van der Waals surface area contributed by atoms with Crippen LogP contribution >= 0.6 is 12.2 Å². The number of nitrogens with zero attached hydrogens (tertiary/aromatic N) is 2. The van der Waals surface area contributed by atoms with Gasteiger partial charge in [0.05, 0.1) is 12.6 Å². The van der Waals surface area contributed by atoms with E-state index in [1.54, 1.807) is 0 Å². The minimum atomic E-state index is -0.0553. The molecule has 164 valence electrons. The van der Waals surface area contributed by atoms with E-state index in [4.69, 9.17) is 17.0 Å². The third kappa shape index (κ3) is 6.03. The molecule has 1 aliphatic rings. The standard InChI is InChI=1S/C23H34N4O2S/c1-16-11-17(2)20-13-18(22(28)25-21(20)12-16)14-27(15-19-7-5-10-29-19)23(30)24-8-6-9-26(3)4/h11-13,19H,5-10,14-15H2,1-4H3,(H,24,30)(H,25,28). The van der Waals surface area contributed by atoms with Crippen molar-refractivity contribution in [1.29, 1.82) is 0 Å². The molecule has 1 saturated heterocycles. The zero-order valence-electron chi connectivity index (χ0n) is 18.6. The molecule has 0 bridgehead atoms. The minimum absolute atomic E-state index is 0.0553. The number of nitrogens with one attached hydrogen (secondary N) is 2. The molecule has 7 heteroatoms. The van der Waals surface area contributed by atoms with Gasteiger partial charge in [-0.1, -0.05) is 6.07 Å². The van der Waals surface area contributed by atoms with Gasteiger partial charge >= 0.3 is 0 Å². The van der Waals surface area contributed by atoms with Crippen molar-refractivity contribution in [3.05, 3.63) is 45.2 Å². The summed E-state index contributed by atoms with van der Waals surface area (Å²) in [4.78, 5) is 20.1. The number of pyridine rings is 1. The Bertz CT molecular complexity index is 935. The highest BCUT2D eigenvalue weighted by Gasteiger charge is 2.22. The highest BCUT2D eigenvalue weighted by molar-refractivity contribution is 7.80. The molecule has 0 aliphatic carbocycles. The lowest BCUT2D eigenvalue weighted by atomic mass is 10.0. The van der Waals surface area contributed by atoms with Gasteiger partial charge in [0.25, 0.3) is 5.56 Å². The van der Waals surface area contributed by atoms with Gasteiger partial charge < -0.3 is 24.8 Å². The number of rotatable bonds is 8. The van der Waals surface area contributed by atoms with Crippen molar-refractivity contribution < 1.29 is 4.74 Å². The van der Waals surface area contributed by atoms with E-state index in [-0.39, 0.29) is 11.7 Å². The van der Waals surface area contributed by atoms with E-state index in [1.165, 1.54) is 0 Å². The number of H-pyrrole nitrogens is 1. The van der Waals surface area contributed by atoms with Crippen LogP contribution in [0.4, 0.5) is 0 Å². The van der Waals surface area contributed by atoms with Crippen LogP contribution < -0.4 is 10.9 Å². The second-order valence-electron chi connectivity index (χ2n) is 8.57. The van der Waals surface area contributed by atoms with Gasteiger partial charge in [0.15, 0.2) is 5.11 Å². The zero-order chi connectivity index (χ0) is 21.7. The van der Waals surface area contributed by atoms with Crippen LogP contribution in [0.3, 0.4) is 0 Å². The van der Waals surface area contributed by atoms with Crippen LogP contribution in [0, 0.1) is 13.8 Å². The smallest absolute Gasteiger partial charge is 0.253 e. The highest BCUT2D eigenvalue weighted by Crippen LogP contribution is 2.20. The molecule has 0 saturated carbocycles. The first kappa shape index (κ1) is 22.7. The van der Waals surface area contributed by atoms with E-state index in [0.29, 0.717) is 18.2 Å². The van der Waals surface area contributed by atoms with Gasteiger partial charge in [0.2, 0.25) is 0 Å². The van der Waals surface area contributed by atoms with Gasteiger partial charge in [-0.15, -0.1) is 0 Å². The predicted molar refractivity (Wildman–Crippen MR) is 127 cm³/mol. The zero-order valence-corrected chi connectivity index (χ0v) is 19.4. The molecule has 6 nitrogen and oxygen atoms in total. The number of benzene rings is 1. The predicted octanol–water partition coefficient (Wildman–Crippen LogP) is 2.95. The lowest BCUT2D eigenvalue weighted by Gasteiger charge is -2.28. The Balaban J connectivity index is 1.78. The second-order valence-corrected chi connectivity index (χ2v) is 8.96. The summed E-state index contributed by atoms with van der Waals surface area (Å²) in [6.45, 7) is 7.91. The highest BCUT2D eigenvalue weighted by atomic mass is 32.1. The van der Waals surface area contributed by atoms with Gasteiger partial charge in [-0.3, -0.25) is 4.79 Å². The average molecular weight is 431 g/mol. The van der Waals surface area contributed by atoms with Gasteiger partial charge in [0, 0.05) is 36.2 Å². The van der Waals surface area contributed by atoms with Crippen LogP contribution in [0.2, 0.25) is 0 Å². The van der Waals surface area contributed by atoms with Crippen LogP contribution in [0.1, 0.15) is 36.0 Å². The normalized spacial score (nSPS) is 16.4. The Morgan fingerprint density at radius 1 is 1.30 bits per heavy atom. The van der Waals surface area contributed by atoms with Crippen LogP contribution in [0.25, 0.3) is 10.9 Å². The number of hydrogen-bond acceptors (Lipinski definition) is 4. The summed E-state index contributed by atoms with van der Waals surface area (Å²) in [7, 11) is 4.13. The summed E-state index contributed by atoms with van der Waals surface area (Å²) in [5, 5.41) is 5.14. The molecule has 1 unspecified atom stereocenters. The maximum Gasteiger partial charge on any atom is 0.253 e. The van der Waals surface area contributed by atoms with Crippen molar-refractivity contribution in [2.24, 2.45) is 0 Å². The van der Waals surface area contributed by atoms with Crippen molar-refractivity contribution in [1.82, 2.24) is 20.1 Å². The lowest BCUT2D eigenvalue weighted by Crippen LogP contribution is -2.44. The molecule has 1 aromatic heterocycles. The van der Waals surface area contributed by atoms with Gasteiger partial charge in [-0.05, 0) is 89.2 Å². The van der Waals surface area contributed by atoms with E-state index in [2.05, 4.69) is 47.2 Å². The van der Waals surface area contributed by atoms with E-state index in [1.807, 2.05) is 19.1 Å². The third-order valence-corrected chi connectivity index (χ3v) is 5.95. The molecule has 1 atom stereocenters. The maximum atomic E-state index is 12.8. The fourth-order valence-electron chi connectivity index (χ4n) is 4.00. The summed E-state index contributed by atoms with van der Waals surface area (Å²) in [5.41, 5.74) is 3.87. The largest absolute Gasteiger partial charge is 0.376 e. The van der Waals surface area contributed by atoms with Crippen LogP contribution in [0.15, 0.2) is 23.0 Å². The molecule has 0 spiro atoms. The maximum absolute atomic E-state index is 12.8. The lowest BCUT2D eigenvalue weighted by molar-refractivity contribution is 0.0897. The molecule has 2 aromatic rings. The minimum Gasteiger partial charge on any atom is -0.376 e. The molecule has 3 rings (SSSR count). The van der Waals surface area contributed by atoms with Crippen molar-refractivity contribution >= 4 is 28.2 Å². The third-order valence-electron chi connectivity index (χ3n) is 5.54. The van der Waals surface area contributed by atoms with Crippen LogP contribution in [-0.2, 0) is 11.3 Å². The van der Waals surface area contributed by atoms with Crippen LogP contribution in [-0.4, -0.2) is 66.3 Å². The molecular formula is C23H34N4O2S. The van der Waals surface area contributed by atoms with Crippen molar-refractivity contribution in [3.8, 4) is 0 Å². The molecule has 2 N–H and O–H groups in total. The second kappa shape index (κ2) is 10.4. The van der Waals surface area contributed by atoms with Crippen molar-refractivity contribution in [2.75, 3.05) is 40.3 Å². The van der Waals surface area contributed by atoms with Gasteiger partial charge in [-0.2, -0.15) is 0 Å². The van der Waals surface area contributed by atoms with Gasteiger partial charge in [0.1, 0.15) is 0 Å². The van der Waals surface area contributed by atoms with Gasteiger partial charge in [-0.25, -0.2) is 0 Å². The number of thiocarbonyl (C=S) groups is 1. The topological polar surface area (TPSA) is 60.6 Å². The Hall–Kier alpha value is -1.96. The summed E-state index contributed by atoms with van der Waals surface area (Å²) < 4.78 is 5.84. The Morgan fingerprint density at radius 3 is 2.80 bits per heavy atom. The summed E-state index contributed by atoms with van der Waals surface area (Å²) in [5.74, 6) is 0. The first-order valence-electron chi connectivity index (χ1n) is 10.8. The molecular weight excluding hydrogens is 396 g/mol. The molecule has 1 fully saturated rings. The number of fused-ring (bicyclic) bond motifs is 1. The average Bonchev–Trinajstić information content (AvgIpc) is 3.18. The Labute approximate surface area is 184 Å². The first-order valence-corrected chi connectivity index (χ1v) is 11.2. The Kier molecular flexibility index (Phi) is 7.86. The summed E-state index contributed by atoms with van der Waals surface area (Å²) in [6, 6.07) is 6.18. The van der Waals surface area contributed by atoms with E-state index < -0.39 is 0 Å². The first-order chi connectivity index (χ1) is 14.3. The number of aromatic amines is 1. The molecule has 0 amide bonds. The quantitative estimate of drug-likeness (QED) is 0.496. The van der Waals surface area contributed by atoms with E-state index >= 15 is 0 Å². The number of ether oxygens (including phenoxy) is 1. The molecule has 1 aromatic carbocycles. The number of hydrogen-bond donors (Lipinski definition) is 2. The summed E-state index contributed by atoms with van der Waals surface area (Å²) in [6.07, 6.45) is 3.29. The Morgan fingerprint density at radius 2 is 2.10 bits per heavy atom. The molecule has 1 aliphatic heterocycles.